The van der Waals surface area contributed by atoms with Crippen molar-refractivity contribution in [3.05, 3.63) is 78.9 Å². The van der Waals surface area contributed by atoms with Crippen molar-refractivity contribution in [3.63, 3.8) is 0 Å². The molecule has 0 saturated carbocycles. The van der Waals surface area contributed by atoms with Crippen LogP contribution in [-0.4, -0.2) is 28.5 Å². The summed E-state index contributed by atoms with van der Waals surface area (Å²) >= 11 is 0. The van der Waals surface area contributed by atoms with Gasteiger partial charge in [0.05, 0.1) is 11.9 Å². The zero-order valence-corrected chi connectivity index (χ0v) is 13.7. The van der Waals surface area contributed by atoms with Gasteiger partial charge in [-0.3, -0.25) is 9.78 Å². The fraction of sp³-hybridized carbons (Fsp3) is 0.0526. The van der Waals surface area contributed by atoms with Crippen LogP contribution >= 0.6 is 0 Å². The van der Waals surface area contributed by atoms with Crippen molar-refractivity contribution in [1.82, 2.24) is 9.97 Å². The highest BCUT2D eigenvalue weighted by molar-refractivity contribution is 5.95. The molecule has 3 aromatic rings. The number of anilines is 1. The zero-order chi connectivity index (χ0) is 18.2. The molecule has 1 N–H and O–H groups in total. The Morgan fingerprint density at radius 3 is 2.50 bits per heavy atom. The number of rotatable bonds is 6. The van der Waals surface area contributed by atoms with Crippen molar-refractivity contribution < 1.29 is 19.1 Å². The number of hydrogen-bond acceptors (Lipinski definition) is 6. The van der Waals surface area contributed by atoms with Crippen LogP contribution in [0.3, 0.4) is 0 Å². The quantitative estimate of drug-likeness (QED) is 0.688. The van der Waals surface area contributed by atoms with E-state index in [-0.39, 0.29) is 5.69 Å². The lowest BCUT2D eigenvalue weighted by Crippen LogP contribution is -2.21. The Morgan fingerprint density at radius 1 is 0.962 bits per heavy atom. The maximum absolute atomic E-state index is 12.1. The third-order valence-corrected chi connectivity index (χ3v) is 3.24. The lowest BCUT2D eigenvalue weighted by molar-refractivity contribution is -0.119. The summed E-state index contributed by atoms with van der Waals surface area (Å²) in [7, 11) is 0. The lowest BCUT2D eigenvalue weighted by Gasteiger charge is -2.12. The summed E-state index contributed by atoms with van der Waals surface area (Å²) in [5.41, 5.74) is 0.505. The SMILES string of the molecule is O=C(COC(=O)c1cnccn1)Nc1ccccc1Oc1ccccc1. The van der Waals surface area contributed by atoms with E-state index < -0.39 is 18.5 Å². The Kier molecular flexibility index (Phi) is 5.51. The lowest BCUT2D eigenvalue weighted by atomic mass is 10.3. The summed E-state index contributed by atoms with van der Waals surface area (Å²) in [4.78, 5) is 31.4. The molecular formula is C19H15N3O4. The van der Waals surface area contributed by atoms with Crippen molar-refractivity contribution >= 4 is 17.6 Å². The predicted octanol–water partition coefficient (Wildman–Crippen LogP) is 3.06. The highest BCUT2D eigenvalue weighted by atomic mass is 16.5. The predicted molar refractivity (Wildman–Crippen MR) is 93.9 cm³/mol. The second-order valence-electron chi connectivity index (χ2n) is 5.13. The van der Waals surface area contributed by atoms with Gasteiger partial charge in [-0.1, -0.05) is 30.3 Å². The second kappa shape index (κ2) is 8.39. The number of hydrogen-bond donors (Lipinski definition) is 1. The summed E-state index contributed by atoms with van der Waals surface area (Å²) in [5, 5.41) is 2.66. The molecule has 7 nitrogen and oxygen atoms in total. The summed E-state index contributed by atoms with van der Waals surface area (Å²) in [5.74, 6) is -0.0935. The van der Waals surface area contributed by atoms with Crippen LogP contribution in [0, 0.1) is 0 Å². The maximum atomic E-state index is 12.1. The first-order valence-corrected chi connectivity index (χ1v) is 7.77. The molecule has 0 spiro atoms. The monoisotopic (exact) mass is 349 g/mol. The molecule has 26 heavy (non-hydrogen) atoms. The Balaban J connectivity index is 1.60. The number of aromatic nitrogens is 2. The number of para-hydroxylation sites is 3. The molecule has 0 aliphatic rings. The van der Waals surface area contributed by atoms with Gasteiger partial charge in [-0.15, -0.1) is 0 Å². The summed E-state index contributed by atoms with van der Waals surface area (Å²) in [6, 6.07) is 16.2. The number of ether oxygens (including phenoxy) is 2. The number of carbonyl (C=O) groups excluding carboxylic acids is 2. The van der Waals surface area contributed by atoms with Crippen LogP contribution in [0.2, 0.25) is 0 Å². The van der Waals surface area contributed by atoms with Gasteiger partial charge in [-0.05, 0) is 24.3 Å². The van der Waals surface area contributed by atoms with E-state index in [0.29, 0.717) is 17.2 Å². The van der Waals surface area contributed by atoms with Gasteiger partial charge < -0.3 is 14.8 Å². The number of benzene rings is 2. The van der Waals surface area contributed by atoms with Crippen LogP contribution in [0.4, 0.5) is 5.69 Å². The number of amides is 1. The van der Waals surface area contributed by atoms with Gasteiger partial charge in [-0.2, -0.15) is 0 Å². The maximum Gasteiger partial charge on any atom is 0.359 e. The first-order valence-electron chi connectivity index (χ1n) is 7.77. The van der Waals surface area contributed by atoms with Crippen molar-refractivity contribution in [1.29, 1.82) is 0 Å². The van der Waals surface area contributed by atoms with Crippen molar-refractivity contribution in [2.24, 2.45) is 0 Å². The van der Waals surface area contributed by atoms with E-state index in [1.54, 1.807) is 36.4 Å². The first-order chi connectivity index (χ1) is 12.7. The standard InChI is InChI=1S/C19H15N3O4/c23-18(13-25-19(24)16-12-20-10-11-21-16)22-15-8-4-5-9-17(15)26-14-6-2-1-3-7-14/h1-12H,13H2,(H,22,23). The van der Waals surface area contributed by atoms with Crippen molar-refractivity contribution in [3.8, 4) is 11.5 Å². The van der Waals surface area contributed by atoms with Crippen LogP contribution in [0.15, 0.2) is 73.2 Å². The number of nitrogens with one attached hydrogen (secondary N) is 1. The Bertz CT molecular complexity index is 886. The van der Waals surface area contributed by atoms with E-state index in [0.717, 1.165) is 0 Å². The Labute approximate surface area is 149 Å². The third-order valence-electron chi connectivity index (χ3n) is 3.24. The van der Waals surface area contributed by atoms with Crippen LogP contribution in [0.25, 0.3) is 0 Å². The van der Waals surface area contributed by atoms with Gasteiger partial charge >= 0.3 is 5.97 Å². The third kappa shape index (κ3) is 4.64. The Morgan fingerprint density at radius 2 is 1.73 bits per heavy atom. The van der Waals surface area contributed by atoms with E-state index in [9.17, 15) is 9.59 Å². The minimum Gasteiger partial charge on any atom is -0.455 e. The van der Waals surface area contributed by atoms with E-state index in [4.69, 9.17) is 9.47 Å². The summed E-state index contributed by atoms with van der Waals surface area (Å²) in [6.07, 6.45) is 4.07. The van der Waals surface area contributed by atoms with Gasteiger partial charge in [0, 0.05) is 12.4 Å². The minimum absolute atomic E-state index is 0.0353. The van der Waals surface area contributed by atoms with Gasteiger partial charge in [0.2, 0.25) is 0 Å². The fourth-order valence-electron chi connectivity index (χ4n) is 2.07. The fourth-order valence-corrected chi connectivity index (χ4v) is 2.07. The molecule has 0 aliphatic carbocycles. The number of esters is 1. The highest BCUT2D eigenvalue weighted by Crippen LogP contribution is 2.28. The largest absolute Gasteiger partial charge is 0.455 e. The van der Waals surface area contributed by atoms with Crippen molar-refractivity contribution in [2.45, 2.75) is 0 Å². The first kappa shape index (κ1) is 17.1. The molecule has 7 heteroatoms. The minimum atomic E-state index is -0.720. The molecule has 0 aliphatic heterocycles. The van der Waals surface area contributed by atoms with Crippen LogP contribution in [-0.2, 0) is 9.53 Å². The molecule has 1 aromatic heterocycles. The highest BCUT2D eigenvalue weighted by Gasteiger charge is 2.13. The summed E-state index contributed by atoms with van der Waals surface area (Å²) in [6.45, 7) is -0.449. The van der Waals surface area contributed by atoms with Gasteiger partial charge in [-0.25, -0.2) is 9.78 Å². The van der Waals surface area contributed by atoms with Crippen molar-refractivity contribution in [2.75, 3.05) is 11.9 Å². The molecule has 0 bridgehead atoms. The average molecular weight is 349 g/mol. The molecule has 3 rings (SSSR count). The molecule has 0 saturated heterocycles. The number of carbonyl (C=O) groups is 2. The van der Waals surface area contributed by atoms with Gasteiger partial charge in [0.1, 0.15) is 5.75 Å². The smallest absolute Gasteiger partial charge is 0.359 e. The molecule has 0 unspecified atom stereocenters. The number of nitrogens with zero attached hydrogens (tertiary/aromatic N) is 2. The Hall–Kier alpha value is -3.74. The van der Waals surface area contributed by atoms with Crippen LogP contribution < -0.4 is 10.1 Å². The zero-order valence-electron chi connectivity index (χ0n) is 13.7. The van der Waals surface area contributed by atoms with Gasteiger partial charge in [0.25, 0.3) is 5.91 Å². The van der Waals surface area contributed by atoms with E-state index in [2.05, 4.69) is 15.3 Å². The topological polar surface area (TPSA) is 90.4 Å². The molecule has 0 fully saturated rings. The molecule has 0 atom stereocenters. The molecule has 1 amide bonds. The molecule has 130 valence electrons. The second-order valence-corrected chi connectivity index (χ2v) is 5.13. The van der Waals surface area contributed by atoms with Crippen LogP contribution in [0.1, 0.15) is 10.5 Å². The average Bonchev–Trinajstić information content (AvgIpc) is 2.69. The summed E-state index contributed by atoms with van der Waals surface area (Å²) < 4.78 is 10.7. The normalized spacial score (nSPS) is 10.0. The van der Waals surface area contributed by atoms with Crippen LogP contribution in [0.5, 0.6) is 11.5 Å². The van der Waals surface area contributed by atoms with E-state index in [1.807, 2.05) is 18.2 Å². The molecular weight excluding hydrogens is 334 g/mol. The molecule has 2 aromatic carbocycles. The molecule has 0 radical (unpaired) electrons. The van der Waals surface area contributed by atoms with Gasteiger partial charge in [0.15, 0.2) is 18.1 Å². The van der Waals surface area contributed by atoms with E-state index in [1.165, 1.54) is 18.6 Å². The van der Waals surface area contributed by atoms with E-state index >= 15 is 0 Å². The molecule has 1 heterocycles.